The number of nitrogens with zero attached hydrogens (tertiary/aromatic N) is 2. The van der Waals surface area contributed by atoms with Gasteiger partial charge in [-0.1, -0.05) is 0 Å². The molecule has 0 unspecified atom stereocenters. The van der Waals surface area contributed by atoms with Gasteiger partial charge in [-0.15, -0.1) is 0 Å². The standard InChI is InChI=1S/C12H6N2O2/c15-11-1-2-12(16)8-6-10-9(5-7(8)11)13-3-4-14-10/h1-6H. The highest BCUT2D eigenvalue weighted by Crippen LogP contribution is 2.21. The van der Waals surface area contributed by atoms with E-state index in [9.17, 15) is 9.59 Å². The Balaban J connectivity index is 2.40. The van der Waals surface area contributed by atoms with Crippen LogP contribution in [-0.4, -0.2) is 21.5 Å². The second kappa shape index (κ2) is 3.06. The van der Waals surface area contributed by atoms with E-state index in [-0.39, 0.29) is 11.6 Å². The fraction of sp³-hybridized carbons (Fsp3) is 0. The zero-order valence-corrected chi connectivity index (χ0v) is 8.18. The Hall–Kier alpha value is -2.36. The van der Waals surface area contributed by atoms with E-state index in [2.05, 4.69) is 9.97 Å². The summed E-state index contributed by atoms with van der Waals surface area (Å²) in [7, 11) is 0. The molecule has 0 aliphatic heterocycles. The maximum absolute atomic E-state index is 11.6. The number of hydrogen-bond acceptors (Lipinski definition) is 4. The highest BCUT2D eigenvalue weighted by atomic mass is 16.1. The Morgan fingerprint density at radius 3 is 1.62 bits per heavy atom. The van der Waals surface area contributed by atoms with Crippen LogP contribution in [0, 0.1) is 0 Å². The Bertz CT molecular complexity index is 603. The number of hydrogen-bond donors (Lipinski definition) is 0. The van der Waals surface area contributed by atoms with Gasteiger partial charge in [-0.2, -0.15) is 0 Å². The van der Waals surface area contributed by atoms with Crippen LogP contribution in [0.3, 0.4) is 0 Å². The lowest BCUT2D eigenvalue weighted by atomic mass is 9.94. The summed E-state index contributed by atoms with van der Waals surface area (Å²) in [5.74, 6) is -0.329. The van der Waals surface area contributed by atoms with Gasteiger partial charge in [0.25, 0.3) is 0 Å². The third-order valence-corrected chi connectivity index (χ3v) is 2.53. The van der Waals surface area contributed by atoms with E-state index in [0.29, 0.717) is 22.2 Å². The number of carbonyl (C=O) groups is 2. The molecule has 76 valence electrons. The van der Waals surface area contributed by atoms with Crippen molar-refractivity contribution in [2.24, 2.45) is 0 Å². The van der Waals surface area contributed by atoms with Crippen LogP contribution < -0.4 is 0 Å². The summed E-state index contributed by atoms with van der Waals surface area (Å²) in [5.41, 5.74) is 2.05. The Labute approximate surface area is 90.6 Å². The molecule has 0 amide bonds. The highest BCUT2D eigenvalue weighted by Gasteiger charge is 2.19. The quantitative estimate of drug-likeness (QED) is 0.662. The number of fused-ring (bicyclic) bond motifs is 2. The highest BCUT2D eigenvalue weighted by molar-refractivity contribution is 6.23. The Morgan fingerprint density at radius 2 is 1.19 bits per heavy atom. The number of allylic oxidation sites excluding steroid dienone is 2. The Morgan fingerprint density at radius 1 is 0.750 bits per heavy atom. The van der Waals surface area contributed by atoms with Crippen molar-refractivity contribution in [1.29, 1.82) is 0 Å². The topological polar surface area (TPSA) is 59.9 Å². The maximum Gasteiger partial charge on any atom is 0.186 e. The van der Waals surface area contributed by atoms with Gasteiger partial charge in [0.2, 0.25) is 0 Å². The van der Waals surface area contributed by atoms with Crippen molar-refractivity contribution in [3.63, 3.8) is 0 Å². The van der Waals surface area contributed by atoms with E-state index in [0.717, 1.165) is 0 Å². The van der Waals surface area contributed by atoms with Gasteiger partial charge in [0, 0.05) is 23.5 Å². The van der Waals surface area contributed by atoms with E-state index < -0.39 is 0 Å². The van der Waals surface area contributed by atoms with E-state index in [1.54, 1.807) is 24.5 Å². The van der Waals surface area contributed by atoms with Gasteiger partial charge in [0.05, 0.1) is 11.0 Å². The van der Waals surface area contributed by atoms with Gasteiger partial charge in [-0.3, -0.25) is 19.6 Å². The van der Waals surface area contributed by atoms with Crippen LogP contribution in [0.2, 0.25) is 0 Å². The first-order valence-corrected chi connectivity index (χ1v) is 4.77. The van der Waals surface area contributed by atoms with Crippen molar-refractivity contribution in [2.75, 3.05) is 0 Å². The van der Waals surface area contributed by atoms with Crippen LogP contribution in [0.25, 0.3) is 11.0 Å². The molecular weight excluding hydrogens is 204 g/mol. The number of benzene rings is 1. The first-order chi connectivity index (χ1) is 7.75. The van der Waals surface area contributed by atoms with Crippen molar-refractivity contribution >= 4 is 22.6 Å². The van der Waals surface area contributed by atoms with Crippen LogP contribution in [0.4, 0.5) is 0 Å². The molecule has 1 aliphatic rings. The van der Waals surface area contributed by atoms with Gasteiger partial charge in [0.15, 0.2) is 11.6 Å². The molecule has 4 heteroatoms. The molecule has 1 aromatic carbocycles. The number of carbonyl (C=O) groups excluding carboxylic acids is 2. The zero-order chi connectivity index (χ0) is 11.1. The van der Waals surface area contributed by atoms with Crippen molar-refractivity contribution in [3.05, 3.63) is 47.8 Å². The lowest BCUT2D eigenvalue weighted by molar-refractivity contribution is 0.0994. The van der Waals surface area contributed by atoms with Crippen LogP contribution in [0.15, 0.2) is 36.7 Å². The molecule has 0 radical (unpaired) electrons. The minimum absolute atomic E-state index is 0.165. The summed E-state index contributed by atoms with van der Waals surface area (Å²) >= 11 is 0. The second-order valence-corrected chi connectivity index (χ2v) is 3.50. The summed E-state index contributed by atoms with van der Waals surface area (Å²) in [6.07, 6.45) is 5.68. The molecule has 0 N–H and O–H groups in total. The maximum atomic E-state index is 11.6. The van der Waals surface area contributed by atoms with Crippen molar-refractivity contribution in [1.82, 2.24) is 9.97 Å². The van der Waals surface area contributed by atoms with Crippen LogP contribution in [0.1, 0.15) is 20.7 Å². The molecule has 4 nitrogen and oxygen atoms in total. The third kappa shape index (κ3) is 1.16. The monoisotopic (exact) mass is 210 g/mol. The van der Waals surface area contributed by atoms with Crippen LogP contribution in [-0.2, 0) is 0 Å². The average molecular weight is 210 g/mol. The molecule has 0 saturated carbocycles. The summed E-state index contributed by atoms with van der Waals surface area (Å²) in [6.45, 7) is 0. The predicted octanol–water partition coefficient (Wildman–Crippen LogP) is 1.56. The fourth-order valence-electron chi connectivity index (χ4n) is 1.75. The summed E-state index contributed by atoms with van der Waals surface area (Å²) in [6, 6.07) is 3.22. The minimum atomic E-state index is -0.165. The number of rotatable bonds is 0. The van der Waals surface area contributed by atoms with E-state index in [1.165, 1.54) is 12.2 Å². The average Bonchev–Trinajstić information content (AvgIpc) is 2.32. The molecule has 0 saturated heterocycles. The first-order valence-electron chi connectivity index (χ1n) is 4.77. The van der Waals surface area contributed by atoms with Gasteiger partial charge in [-0.05, 0) is 24.3 Å². The van der Waals surface area contributed by atoms with Gasteiger partial charge < -0.3 is 0 Å². The van der Waals surface area contributed by atoms with Crippen molar-refractivity contribution in [2.45, 2.75) is 0 Å². The summed E-state index contributed by atoms with van der Waals surface area (Å²) < 4.78 is 0. The molecule has 3 rings (SSSR count). The molecule has 0 bridgehead atoms. The zero-order valence-electron chi connectivity index (χ0n) is 8.18. The fourth-order valence-corrected chi connectivity index (χ4v) is 1.75. The Kier molecular flexibility index (Phi) is 1.71. The van der Waals surface area contributed by atoms with Crippen LogP contribution in [0.5, 0.6) is 0 Å². The molecule has 16 heavy (non-hydrogen) atoms. The van der Waals surface area contributed by atoms with Gasteiger partial charge >= 0.3 is 0 Å². The third-order valence-electron chi connectivity index (χ3n) is 2.53. The summed E-state index contributed by atoms with van der Waals surface area (Å²) in [5, 5.41) is 0. The molecule has 0 spiro atoms. The minimum Gasteiger partial charge on any atom is -0.289 e. The van der Waals surface area contributed by atoms with E-state index in [4.69, 9.17) is 0 Å². The predicted molar refractivity (Wildman–Crippen MR) is 57.3 cm³/mol. The van der Waals surface area contributed by atoms with Crippen molar-refractivity contribution < 1.29 is 9.59 Å². The van der Waals surface area contributed by atoms with Gasteiger partial charge in [0.1, 0.15) is 0 Å². The number of aromatic nitrogens is 2. The molecule has 0 atom stereocenters. The van der Waals surface area contributed by atoms with Gasteiger partial charge in [-0.25, -0.2) is 0 Å². The molecule has 1 aromatic heterocycles. The first kappa shape index (κ1) is 8.91. The van der Waals surface area contributed by atoms with E-state index in [1.807, 2.05) is 0 Å². The smallest absolute Gasteiger partial charge is 0.186 e. The molecule has 1 aliphatic carbocycles. The second-order valence-electron chi connectivity index (χ2n) is 3.50. The SMILES string of the molecule is O=C1C=CC(=O)c2cc3nccnc3cc21. The lowest BCUT2D eigenvalue weighted by Crippen LogP contribution is -2.11. The van der Waals surface area contributed by atoms with E-state index >= 15 is 0 Å². The largest absolute Gasteiger partial charge is 0.289 e. The van der Waals surface area contributed by atoms with Crippen molar-refractivity contribution in [3.8, 4) is 0 Å². The summed E-state index contributed by atoms with van der Waals surface area (Å²) in [4.78, 5) is 31.4. The number of ketones is 2. The lowest BCUT2D eigenvalue weighted by Gasteiger charge is -2.09. The normalized spacial score (nSPS) is 14.2. The molecule has 2 aromatic rings. The molecular formula is C12H6N2O2. The molecule has 0 fully saturated rings. The van der Waals surface area contributed by atoms with Crippen LogP contribution >= 0.6 is 0 Å². The molecule has 1 heterocycles.